The summed E-state index contributed by atoms with van der Waals surface area (Å²) < 4.78 is 2.78. The summed E-state index contributed by atoms with van der Waals surface area (Å²) in [4.78, 5) is 11.0. The second-order valence-electron chi connectivity index (χ2n) is 3.86. The zero-order valence-corrected chi connectivity index (χ0v) is 10.9. The normalized spacial score (nSPS) is 10.5. The molecule has 0 unspecified atom stereocenters. The van der Waals surface area contributed by atoms with Gasteiger partial charge in [-0.25, -0.2) is 0 Å². The fourth-order valence-electron chi connectivity index (χ4n) is 1.63. The first-order valence-electron chi connectivity index (χ1n) is 5.13. The molecule has 1 amide bonds. The minimum absolute atomic E-state index is 0.401. The summed E-state index contributed by atoms with van der Waals surface area (Å²) in [6.45, 7) is 2.64. The fraction of sp³-hybridized carbons (Fsp3) is 0.167. The first-order chi connectivity index (χ1) is 8.06. The molecule has 0 saturated carbocycles. The van der Waals surface area contributed by atoms with Gasteiger partial charge in [-0.2, -0.15) is 5.10 Å². The Morgan fingerprint density at radius 1 is 1.53 bits per heavy atom. The number of primary amides is 1. The number of nitrogens with two attached hydrogens (primary N) is 1. The fourth-order valence-corrected chi connectivity index (χ4v) is 1.95. The van der Waals surface area contributed by atoms with Gasteiger partial charge in [-0.15, -0.1) is 0 Å². The maximum Gasteiger partial charge on any atom is 0.248 e. The molecule has 88 valence electrons. The van der Waals surface area contributed by atoms with Crippen molar-refractivity contribution in [1.82, 2.24) is 9.78 Å². The van der Waals surface area contributed by atoms with Crippen LogP contribution in [0.15, 0.2) is 35.1 Å². The number of aryl methyl sites for hydroxylation is 1. The van der Waals surface area contributed by atoms with Crippen molar-refractivity contribution in [2.75, 3.05) is 0 Å². The lowest BCUT2D eigenvalue weighted by Crippen LogP contribution is -2.11. The van der Waals surface area contributed by atoms with Crippen LogP contribution in [0.2, 0.25) is 0 Å². The molecule has 0 fully saturated rings. The molecule has 1 heterocycles. The maximum absolute atomic E-state index is 11.0. The summed E-state index contributed by atoms with van der Waals surface area (Å²) in [5, 5.41) is 4.19. The van der Waals surface area contributed by atoms with Crippen LogP contribution in [0, 0.1) is 6.92 Å². The second-order valence-corrected chi connectivity index (χ2v) is 4.78. The molecule has 5 heteroatoms. The highest BCUT2D eigenvalue weighted by molar-refractivity contribution is 9.10. The summed E-state index contributed by atoms with van der Waals surface area (Å²) in [6.07, 6.45) is 3.65. The van der Waals surface area contributed by atoms with Crippen LogP contribution >= 0.6 is 15.9 Å². The molecule has 0 atom stereocenters. The van der Waals surface area contributed by atoms with Gasteiger partial charge in [0.25, 0.3) is 0 Å². The first kappa shape index (κ1) is 11.9. The van der Waals surface area contributed by atoms with E-state index in [2.05, 4.69) is 21.0 Å². The molecule has 0 aliphatic heterocycles. The lowest BCUT2D eigenvalue weighted by Gasteiger charge is -2.07. The number of halogens is 1. The topological polar surface area (TPSA) is 60.9 Å². The number of nitrogens with zero attached hydrogens (tertiary/aromatic N) is 2. The van der Waals surface area contributed by atoms with Crippen molar-refractivity contribution in [1.29, 1.82) is 0 Å². The highest BCUT2D eigenvalue weighted by Crippen LogP contribution is 2.14. The molecule has 0 spiro atoms. The van der Waals surface area contributed by atoms with Crippen LogP contribution < -0.4 is 5.73 Å². The Balaban J connectivity index is 2.25. The molecule has 1 aromatic heterocycles. The van der Waals surface area contributed by atoms with E-state index in [1.807, 2.05) is 23.9 Å². The molecular weight excluding hydrogens is 282 g/mol. The van der Waals surface area contributed by atoms with Crippen molar-refractivity contribution in [3.05, 3.63) is 51.8 Å². The van der Waals surface area contributed by atoms with Crippen LogP contribution in [0.25, 0.3) is 0 Å². The molecule has 0 aliphatic carbocycles. The molecule has 0 radical (unpaired) electrons. The van der Waals surface area contributed by atoms with Crippen LogP contribution in [0.4, 0.5) is 0 Å². The van der Waals surface area contributed by atoms with E-state index in [9.17, 15) is 4.79 Å². The molecule has 2 aromatic rings. The van der Waals surface area contributed by atoms with Gasteiger partial charge in [-0.1, -0.05) is 6.07 Å². The Hall–Kier alpha value is -1.62. The molecule has 0 saturated heterocycles. The van der Waals surface area contributed by atoms with Gasteiger partial charge >= 0.3 is 0 Å². The van der Waals surface area contributed by atoms with E-state index < -0.39 is 5.91 Å². The zero-order chi connectivity index (χ0) is 12.4. The van der Waals surface area contributed by atoms with Gasteiger partial charge in [-0.05, 0) is 46.1 Å². The van der Waals surface area contributed by atoms with Gasteiger partial charge in [-0.3, -0.25) is 9.48 Å². The standard InChI is InChI=1S/C12H12BrN3O/c1-8-4-9(12(14)17)2-3-10(8)6-16-7-11(13)5-15-16/h2-5,7H,6H2,1H3,(H2,14,17). The van der Waals surface area contributed by atoms with E-state index in [1.54, 1.807) is 18.3 Å². The summed E-state index contributed by atoms with van der Waals surface area (Å²) in [6, 6.07) is 5.45. The van der Waals surface area contributed by atoms with Gasteiger partial charge in [0.15, 0.2) is 0 Å². The van der Waals surface area contributed by atoms with Crippen molar-refractivity contribution in [2.45, 2.75) is 13.5 Å². The van der Waals surface area contributed by atoms with E-state index in [0.29, 0.717) is 12.1 Å². The number of aromatic nitrogens is 2. The van der Waals surface area contributed by atoms with E-state index in [4.69, 9.17) is 5.73 Å². The number of benzene rings is 1. The van der Waals surface area contributed by atoms with Crippen molar-refractivity contribution < 1.29 is 4.79 Å². The Labute approximate surface area is 108 Å². The Bertz CT molecular complexity index is 563. The third-order valence-electron chi connectivity index (χ3n) is 2.56. The maximum atomic E-state index is 11.0. The third-order valence-corrected chi connectivity index (χ3v) is 2.97. The average Bonchev–Trinajstić information content (AvgIpc) is 2.67. The lowest BCUT2D eigenvalue weighted by molar-refractivity contribution is 0.1000. The smallest absolute Gasteiger partial charge is 0.248 e. The highest BCUT2D eigenvalue weighted by atomic mass is 79.9. The molecule has 2 N–H and O–H groups in total. The number of hydrogen-bond acceptors (Lipinski definition) is 2. The summed E-state index contributed by atoms with van der Waals surface area (Å²) in [7, 11) is 0. The molecular formula is C12H12BrN3O. The largest absolute Gasteiger partial charge is 0.366 e. The number of carbonyl (C=O) groups excluding carboxylic acids is 1. The minimum atomic E-state index is -0.401. The summed E-state index contributed by atoms with van der Waals surface area (Å²) in [5.74, 6) is -0.401. The number of rotatable bonds is 3. The quantitative estimate of drug-likeness (QED) is 0.942. The predicted octanol–water partition coefficient (Wildman–Crippen LogP) is 2.10. The molecule has 17 heavy (non-hydrogen) atoms. The summed E-state index contributed by atoms with van der Waals surface area (Å²) >= 11 is 3.35. The minimum Gasteiger partial charge on any atom is -0.366 e. The Kier molecular flexibility index (Phi) is 3.28. The molecule has 0 aliphatic rings. The van der Waals surface area contributed by atoms with E-state index in [-0.39, 0.29) is 0 Å². The number of carbonyl (C=O) groups is 1. The summed E-state index contributed by atoms with van der Waals surface area (Å²) in [5.41, 5.74) is 7.91. The van der Waals surface area contributed by atoms with E-state index >= 15 is 0 Å². The molecule has 1 aromatic carbocycles. The van der Waals surface area contributed by atoms with Crippen LogP contribution in [-0.2, 0) is 6.54 Å². The third kappa shape index (κ3) is 2.74. The van der Waals surface area contributed by atoms with E-state index in [1.165, 1.54) is 0 Å². The Morgan fingerprint density at radius 2 is 2.29 bits per heavy atom. The van der Waals surface area contributed by atoms with Crippen molar-refractivity contribution in [3.8, 4) is 0 Å². The van der Waals surface area contributed by atoms with Gasteiger partial charge in [0, 0.05) is 11.8 Å². The predicted molar refractivity (Wildman–Crippen MR) is 68.7 cm³/mol. The molecule has 2 rings (SSSR count). The second kappa shape index (κ2) is 4.71. The van der Waals surface area contributed by atoms with Crippen molar-refractivity contribution >= 4 is 21.8 Å². The zero-order valence-electron chi connectivity index (χ0n) is 9.35. The highest BCUT2D eigenvalue weighted by Gasteiger charge is 2.05. The van der Waals surface area contributed by atoms with Gasteiger partial charge in [0.2, 0.25) is 5.91 Å². The molecule has 0 bridgehead atoms. The monoisotopic (exact) mass is 293 g/mol. The lowest BCUT2D eigenvalue weighted by atomic mass is 10.0. The van der Waals surface area contributed by atoms with Crippen molar-refractivity contribution in [2.24, 2.45) is 5.73 Å². The first-order valence-corrected chi connectivity index (χ1v) is 5.93. The van der Waals surface area contributed by atoms with Gasteiger partial charge < -0.3 is 5.73 Å². The number of hydrogen-bond donors (Lipinski definition) is 1. The SMILES string of the molecule is Cc1cc(C(N)=O)ccc1Cn1cc(Br)cn1. The van der Waals surface area contributed by atoms with Crippen LogP contribution in [0.5, 0.6) is 0 Å². The molecule has 4 nitrogen and oxygen atoms in total. The average molecular weight is 294 g/mol. The van der Waals surface area contributed by atoms with Gasteiger partial charge in [0.05, 0.1) is 17.2 Å². The van der Waals surface area contributed by atoms with Crippen LogP contribution in [0.1, 0.15) is 21.5 Å². The van der Waals surface area contributed by atoms with Crippen LogP contribution in [0.3, 0.4) is 0 Å². The van der Waals surface area contributed by atoms with E-state index in [0.717, 1.165) is 15.6 Å². The van der Waals surface area contributed by atoms with Crippen LogP contribution in [-0.4, -0.2) is 15.7 Å². The Morgan fingerprint density at radius 3 is 2.82 bits per heavy atom. The number of amides is 1. The van der Waals surface area contributed by atoms with Gasteiger partial charge in [0.1, 0.15) is 0 Å². The van der Waals surface area contributed by atoms with Crippen molar-refractivity contribution in [3.63, 3.8) is 0 Å².